The summed E-state index contributed by atoms with van der Waals surface area (Å²) in [4.78, 5) is 15.7. The molecule has 0 bridgehead atoms. The van der Waals surface area contributed by atoms with Gasteiger partial charge in [-0.3, -0.25) is 9.78 Å². The van der Waals surface area contributed by atoms with E-state index >= 15 is 0 Å². The molecule has 19 heavy (non-hydrogen) atoms. The van der Waals surface area contributed by atoms with Crippen LogP contribution in [0.5, 0.6) is 0 Å². The van der Waals surface area contributed by atoms with E-state index in [4.69, 9.17) is 0 Å². The number of amides is 1. The first-order valence-corrected chi connectivity index (χ1v) is 6.11. The van der Waals surface area contributed by atoms with Gasteiger partial charge in [0.2, 0.25) is 5.91 Å². The quantitative estimate of drug-likeness (QED) is 0.895. The maximum absolute atomic E-state index is 12.0. The molecule has 0 aromatic carbocycles. The van der Waals surface area contributed by atoms with Crippen molar-refractivity contribution in [3.05, 3.63) is 29.6 Å². The molecule has 1 aromatic heterocycles. The van der Waals surface area contributed by atoms with Crippen molar-refractivity contribution in [3.63, 3.8) is 0 Å². The third-order valence-corrected chi connectivity index (χ3v) is 2.65. The highest BCUT2D eigenvalue weighted by molar-refractivity contribution is 5.76. The summed E-state index contributed by atoms with van der Waals surface area (Å²) in [6, 6.07) is 5.04. The highest BCUT2D eigenvalue weighted by Crippen LogP contribution is 2.22. The van der Waals surface area contributed by atoms with Gasteiger partial charge >= 0.3 is 6.18 Å². The molecular formula is C13H17F3N2O. The van der Waals surface area contributed by atoms with E-state index in [1.165, 1.54) is 0 Å². The average molecular weight is 274 g/mol. The molecule has 1 heterocycles. The van der Waals surface area contributed by atoms with Crippen molar-refractivity contribution in [1.29, 1.82) is 0 Å². The van der Waals surface area contributed by atoms with Gasteiger partial charge in [0.05, 0.1) is 18.2 Å². The molecule has 0 aliphatic rings. The summed E-state index contributed by atoms with van der Waals surface area (Å²) < 4.78 is 36.1. The van der Waals surface area contributed by atoms with E-state index in [9.17, 15) is 18.0 Å². The van der Waals surface area contributed by atoms with Crippen LogP contribution in [0.2, 0.25) is 0 Å². The first kappa shape index (κ1) is 15.5. The van der Waals surface area contributed by atoms with Crippen molar-refractivity contribution in [2.45, 2.75) is 45.3 Å². The van der Waals surface area contributed by atoms with Gasteiger partial charge in [-0.05, 0) is 25.5 Å². The summed E-state index contributed by atoms with van der Waals surface area (Å²) in [7, 11) is 0. The number of halogens is 3. The Bertz CT molecular complexity index is 432. The van der Waals surface area contributed by atoms with Crippen molar-refractivity contribution in [3.8, 4) is 0 Å². The van der Waals surface area contributed by atoms with Gasteiger partial charge in [0.15, 0.2) is 0 Å². The Morgan fingerprint density at radius 3 is 2.63 bits per heavy atom. The minimum absolute atomic E-state index is 0.347. The lowest BCUT2D eigenvalue weighted by Gasteiger charge is -2.17. The van der Waals surface area contributed by atoms with Crippen LogP contribution in [0.25, 0.3) is 0 Å². The van der Waals surface area contributed by atoms with E-state index in [1.54, 1.807) is 6.07 Å². The average Bonchev–Trinajstić information content (AvgIpc) is 2.32. The zero-order valence-corrected chi connectivity index (χ0v) is 10.9. The van der Waals surface area contributed by atoms with Gasteiger partial charge in [-0.2, -0.15) is 13.2 Å². The van der Waals surface area contributed by atoms with E-state index in [0.717, 1.165) is 5.69 Å². The number of hydrogen-bond donors (Lipinski definition) is 1. The Hall–Kier alpha value is -1.59. The molecule has 6 heteroatoms. The molecule has 0 saturated heterocycles. The summed E-state index contributed by atoms with van der Waals surface area (Å²) in [5.41, 5.74) is 1.48. The maximum Gasteiger partial charge on any atom is 0.389 e. The highest BCUT2D eigenvalue weighted by atomic mass is 19.4. The Morgan fingerprint density at radius 1 is 1.42 bits per heavy atom. The van der Waals surface area contributed by atoms with Crippen LogP contribution in [0.3, 0.4) is 0 Å². The third kappa shape index (κ3) is 5.72. The first-order chi connectivity index (χ1) is 8.81. The highest BCUT2D eigenvalue weighted by Gasteiger charge is 2.28. The topological polar surface area (TPSA) is 42.0 Å². The Morgan fingerprint density at radius 2 is 2.11 bits per heavy atom. The predicted molar refractivity (Wildman–Crippen MR) is 65.4 cm³/mol. The van der Waals surface area contributed by atoms with Crippen LogP contribution >= 0.6 is 0 Å². The van der Waals surface area contributed by atoms with Crippen LogP contribution in [0, 0.1) is 6.92 Å². The fourth-order valence-electron chi connectivity index (χ4n) is 1.67. The predicted octanol–water partition coefficient (Wildman–Crippen LogP) is 3.30. The molecule has 1 aromatic rings. The minimum Gasteiger partial charge on any atom is -0.348 e. The Balaban J connectivity index is 2.60. The molecule has 0 radical (unpaired) electrons. The number of carbonyl (C=O) groups excluding carboxylic acids is 1. The maximum atomic E-state index is 12.0. The van der Waals surface area contributed by atoms with Crippen LogP contribution in [0.15, 0.2) is 18.2 Å². The van der Waals surface area contributed by atoms with Crippen molar-refractivity contribution >= 4 is 5.91 Å². The Labute approximate surface area is 110 Å². The molecule has 1 atom stereocenters. The molecular weight excluding hydrogens is 257 g/mol. The second-order valence-corrected chi connectivity index (χ2v) is 4.35. The molecule has 1 amide bonds. The van der Waals surface area contributed by atoms with Crippen molar-refractivity contribution in [2.75, 3.05) is 0 Å². The van der Waals surface area contributed by atoms with Crippen molar-refractivity contribution in [2.24, 2.45) is 0 Å². The number of alkyl halides is 3. The fourth-order valence-corrected chi connectivity index (χ4v) is 1.67. The van der Waals surface area contributed by atoms with E-state index in [0.29, 0.717) is 12.1 Å². The summed E-state index contributed by atoms with van der Waals surface area (Å²) in [5, 5.41) is 2.58. The van der Waals surface area contributed by atoms with Crippen LogP contribution in [-0.4, -0.2) is 17.1 Å². The van der Waals surface area contributed by atoms with Crippen LogP contribution in [0.4, 0.5) is 13.2 Å². The second kappa shape index (κ2) is 6.54. The number of nitrogens with zero attached hydrogens (tertiary/aromatic N) is 1. The van der Waals surface area contributed by atoms with Gasteiger partial charge < -0.3 is 5.32 Å². The lowest BCUT2D eigenvalue weighted by Crippen LogP contribution is -2.29. The fraction of sp³-hybridized carbons (Fsp3) is 0.538. The summed E-state index contributed by atoms with van der Waals surface area (Å²) in [6.45, 7) is 3.67. The van der Waals surface area contributed by atoms with Crippen LogP contribution < -0.4 is 5.32 Å². The molecule has 0 aliphatic heterocycles. The first-order valence-electron chi connectivity index (χ1n) is 6.11. The second-order valence-electron chi connectivity index (χ2n) is 4.35. The van der Waals surface area contributed by atoms with Gasteiger partial charge in [-0.25, -0.2) is 0 Å². The van der Waals surface area contributed by atoms with Gasteiger partial charge in [0.25, 0.3) is 0 Å². The van der Waals surface area contributed by atoms with Gasteiger partial charge in [0, 0.05) is 12.1 Å². The number of carbonyl (C=O) groups is 1. The number of pyridine rings is 1. The number of nitrogens with one attached hydrogen (secondary N) is 1. The molecule has 106 valence electrons. The molecule has 1 N–H and O–H groups in total. The zero-order chi connectivity index (χ0) is 14.5. The van der Waals surface area contributed by atoms with Crippen LogP contribution in [0.1, 0.15) is 43.6 Å². The third-order valence-electron chi connectivity index (χ3n) is 2.65. The van der Waals surface area contributed by atoms with Crippen molar-refractivity contribution < 1.29 is 18.0 Å². The smallest absolute Gasteiger partial charge is 0.348 e. The lowest BCUT2D eigenvalue weighted by molar-refractivity contribution is -0.144. The van der Waals surface area contributed by atoms with E-state index in [2.05, 4.69) is 10.3 Å². The SMILES string of the molecule is CC[C@@H](NC(=O)CCC(F)(F)F)c1cccc(C)n1. The number of aromatic nitrogens is 1. The van der Waals surface area contributed by atoms with Gasteiger partial charge in [-0.1, -0.05) is 13.0 Å². The number of hydrogen-bond acceptors (Lipinski definition) is 2. The molecule has 0 aliphatic carbocycles. The lowest BCUT2D eigenvalue weighted by atomic mass is 10.1. The molecule has 0 saturated carbocycles. The van der Waals surface area contributed by atoms with Crippen LogP contribution in [-0.2, 0) is 4.79 Å². The number of rotatable bonds is 5. The van der Waals surface area contributed by atoms with Gasteiger partial charge in [-0.15, -0.1) is 0 Å². The molecule has 0 spiro atoms. The van der Waals surface area contributed by atoms with E-state index < -0.39 is 24.9 Å². The largest absolute Gasteiger partial charge is 0.389 e. The summed E-state index contributed by atoms with van der Waals surface area (Å²) in [6.07, 6.45) is -5.38. The minimum atomic E-state index is -4.30. The summed E-state index contributed by atoms with van der Waals surface area (Å²) in [5.74, 6) is -0.604. The molecule has 0 unspecified atom stereocenters. The monoisotopic (exact) mass is 274 g/mol. The van der Waals surface area contributed by atoms with E-state index in [-0.39, 0.29) is 6.04 Å². The molecule has 3 nitrogen and oxygen atoms in total. The van der Waals surface area contributed by atoms with E-state index in [1.807, 2.05) is 26.0 Å². The zero-order valence-electron chi connectivity index (χ0n) is 10.9. The molecule has 1 rings (SSSR count). The molecule has 0 fully saturated rings. The van der Waals surface area contributed by atoms with Crippen molar-refractivity contribution in [1.82, 2.24) is 10.3 Å². The standard InChI is InChI=1S/C13H17F3N2O/c1-3-10(11-6-4-5-9(2)17-11)18-12(19)7-8-13(14,15)16/h4-6,10H,3,7-8H2,1-2H3,(H,18,19)/t10-/m1/s1. The number of aryl methyl sites for hydroxylation is 1. The van der Waals surface area contributed by atoms with Gasteiger partial charge in [0.1, 0.15) is 0 Å². The normalized spacial score (nSPS) is 13.1. The Kier molecular flexibility index (Phi) is 5.32. The summed E-state index contributed by atoms with van der Waals surface area (Å²) >= 11 is 0.